The van der Waals surface area contributed by atoms with E-state index in [2.05, 4.69) is 22.9 Å². The summed E-state index contributed by atoms with van der Waals surface area (Å²) in [6, 6.07) is 2.08. The monoisotopic (exact) mass is 204 g/mol. The summed E-state index contributed by atoms with van der Waals surface area (Å²) in [5.41, 5.74) is 2.59. The maximum Gasteiger partial charge on any atom is 0.0755 e. The zero-order valence-corrected chi connectivity index (χ0v) is 9.02. The van der Waals surface area contributed by atoms with E-state index in [9.17, 15) is 0 Å². The van der Waals surface area contributed by atoms with Gasteiger partial charge in [-0.25, -0.2) is 0 Å². The Bertz CT molecular complexity index is 354. The standard InChI is InChI=1S/C12H16N2O/c1-9-4-5-13-6-12(9)14-7-10-2-3-11(8-14)15-10/h4-6,10-11H,2-3,7-8H2,1H3. The Morgan fingerprint density at radius 2 is 2.07 bits per heavy atom. The SMILES string of the molecule is Cc1ccncc1N1CC2CCC(C1)O2. The highest BCUT2D eigenvalue weighted by molar-refractivity contribution is 5.51. The lowest BCUT2D eigenvalue weighted by Gasteiger charge is -2.34. The van der Waals surface area contributed by atoms with Crippen LogP contribution in [0, 0.1) is 6.92 Å². The van der Waals surface area contributed by atoms with Crippen molar-refractivity contribution in [3.63, 3.8) is 0 Å². The Morgan fingerprint density at radius 3 is 2.73 bits per heavy atom. The van der Waals surface area contributed by atoms with Crippen molar-refractivity contribution in [3.05, 3.63) is 24.0 Å². The number of anilines is 1. The van der Waals surface area contributed by atoms with Gasteiger partial charge < -0.3 is 9.64 Å². The third kappa shape index (κ3) is 1.61. The maximum atomic E-state index is 5.83. The lowest BCUT2D eigenvalue weighted by Crippen LogP contribution is -2.42. The van der Waals surface area contributed by atoms with E-state index < -0.39 is 0 Å². The Labute approximate surface area is 90.1 Å². The molecule has 3 heterocycles. The molecule has 1 aromatic heterocycles. The number of morpholine rings is 1. The number of rotatable bonds is 1. The van der Waals surface area contributed by atoms with Crippen molar-refractivity contribution < 1.29 is 4.74 Å². The molecule has 3 heteroatoms. The van der Waals surface area contributed by atoms with Crippen LogP contribution >= 0.6 is 0 Å². The zero-order chi connectivity index (χ0) is 10.3. The third-order valence-corrected chi connectivity index (χ3v) is 3.40. The summed E-state index contributed by atoms with van der Waals surface area (Å²) >= 11 is 0. The minimum atomic E-state index is 0.448. The normalized spacial score (nSPS) is 29.5. The van der Waals surface area contributed by atoms with Crippen LogP contribution in [0.1, 0.15) is 18.4 Å². The lowest BCUT2D eigenvalue weighted by molar-refractivity contribution is 0.0304. The highest BCUT2D eigenvalue weighted by Crippen LogP contribution is 2.30. The number of ether oxygens (including phenoxy) is 1. The summed E-state index contributed by atoms with van der Waals surface area (Å²) in [6.07, 6.45) is 7.17. The molecule has 0 spiro atoms. The summed E-state index contributed by atoms with van der Waals surface area (Å²) in [5.74, 6) is 0. The van der Waals surface area contributed by atoms with Gasteiger partial charge in [0, 0.05) is 19.3 Å². The largest absolute Gasteiger partial charge is 0.371 e. The summed E-state index contributed by atoms with van der Waals surface area (Å²) in [4.78, 5) is 6.63. The van der Waals surface area contributed by atoms with Gasteiger partial charge in [-0.2, -0.15) is 0 Å². The van der Waals surface area contributed by atoms with Gasteiger partial charge in [-0.05, 0) is 31.4 Å². The van der Waals surface area contributed by atoms with E-state index >= 15 is 0 Å². The third-order valence-electron chi connectivity index (χ3n) is 3.40. The van der Waals surface area contributed by atoms with Gasteiger partial charge in [0.15, 0.2) is 0 Å². The minimum Gasteiger partial charge on any atom is -0.371 e. The van der Waals surface area contributed by atoms with Gasteiger partial charge in [0.2, 0.25) is 0 Å². The molecular formula is C12H16N2O. The van der Waals surface area contributed by atoms with Crippen LogP contribution in [0.5, 0.6) is 0 Å². The quantitative estimate of drug-likeness (QED) is 0.697. The van der Waals surface area contributed by atoms with Gasteiger partial charge in [-0.15, -0.1) is 0 Å². The van der Waals surface area contributed by atoms with Crippen molar-refractivity contribution in [2.24, 2.45) is 0 Å². The van der Waals surface area contributed by atoms with E-state index in [1.165, 1.54) is 24.1 Å². The van der Waals surface area contributed by atoms with Crippen LogP contribution in [0.4, 0.5) is 5.69 Å². The molecule has 2 bridgehead atoms. The maximum absolute atomic E-state index is 5.83. The molecule has 2 unspecified atom stereocenters. The molecule has 2 atom stereocenters. The summed E-state index contributed by atoms with van der Waals surface area (Å²) in [5, 5.41) is 0. The molecule has 2 aliphatic heterocycles. The molecule has 2 aliphatic rings. The lowest BCUT2D eigenvalue weighted by atomic mass is 10.2. The number of aryl methyl sites for hydroxylation is 1. The second-order valence-corrected chi connectivity index (χ2v) is 4.52. The summed E-state index contributed by atoms with van der Waals surface area (Å²) < 4.78 is 5.83. The Morgan fingerprint density at radius 1 is 1.33 bits per heavy atom. The minimum absolute atomic E-state index is 0.448. The first-order valence-electron chi connectivity index (χ1n) is 5.64. The highest BCUT2D eigenvalue weighted by atomic mass is 16.5. The molecule has 15 heavy (non-hydrogen) atoms. The van der Waals surface area contributed by atoms with Gasteiger partial charge >= 0.3 is 0 Å². The fourth-order valence-electron chi connectivity index (χ4n) is 2.60. The smallest absolute Gasteiger partial charge is 0.0755 e. The average Bonchev–Trinajstić information content (AvgIpc) is 2.58. The predicted molar refractivity (Wildman–Crippen MR) is 59.1 cm³/mol. The van der Waals surface area contributed by atoms with E-state index in [1.807, 2.05) is 12.4 Å². The van der Waals surface area contributed by atoms with Crippen LogP contribution in [-0.2, 0) is 4.74 Å². The van der Waals surface area contributed by atoms with Crippen molar-refractivity contribution in [2.45, 2.75) is 32.0 Å². The van der Waals surface area contributed by atoms with Crippen LogP contribution in [0.3, 0.4) is 0 Å². The first-order valence-corrected chi connectivity index (χ1v) is 5.64. The molecular weight excluding hydrogens is 188 g/mol. The van der Waals surface area contributed by atoms with Crippen LogP contribution in [-0.4, -0.2) is 30.3 Å². The number of hydrogen-bond acceptors (Lipinski definition) is 3. The number of fused-ring (bicyclic) bond motifs is 2. The van der Waals surface area contributed by atoms with Crippen molar-refractivity contribution in [1.29, 1.82) is 0 Å². The number of nitrogens with zero attached hydrogens (tertiary/aromatic N) is 2. The molecule has 3 nitrogen and oxygen atoms in total. The molecule has 0 radical (unpaired) electrons. The number of hydrogen-bond donors (Lipinski definition) is 0. The summed E-state index contributed by atoms with van der Waals surface area (Å²) in [7, 11) is 0. The van der Waals surface area contributed by atoms with E-state index in [4.69, 9.17) is 4.74 Å². The van der Waals surface area contributed by atoms with Gasteiger partial charge in [-0.3, -0.25) is 4.98 Å². The van der Waals surface area contributed by atoms with Gasteiger partial charge in [-0.1, -0.05) is 0 Å². The van der Waals surface area contributed by atoms with E-state index in [0.29, 0.717) is 12.2 Å². The molecule has 0 saturated carbocycles. The number of aromatic nitrogens is 1. The summed E-state index contributed by atoms with van der Waals surface area (Å²) in [6.45, 7) is 4.21. The molecule has 0 aliphatic carbocycles. The molecule has 0 amide bonds. The fraction of sp³-hybridized carbons (Fsp3) is 0.583. The predicted octanol–water partition coefficient (Wildman–Crippen LogP) is 1.76. The van der Waals surface area contributed by atoms with Gasteiger partial charge in [0.25, 0.3) is 0 Å². The number of pyridine rings is 1. The molecule has 2 saturated heterocycles. The fourth-order valence-corrected chi connectivity index (χ4v) is 2.60. The molecule has 1 aromatic rings. The van der Waals surface area contributed by atoms with Gasteiger partial charge in [0.1, 0.15) is 0 Å². The molecule has 80 valence electrons. The van der Waals surface area contributed by atoms with Crippen molar-refractivity contribution in [2.75, 3.05) is 18.0 Å². The van der Waals surface area contributed by atoms with Crippen LogP contribution in [0.15, 0.2) is 18.5 Å². The second kappa shape index (κ2) is 3.49. The van der Waals surface area contributed by atoms with Crippen LogP contribution in [0.25, 0.3) is 0 Å². The second-order valence-electron chi connectivity index (χ2n) is 4.52. The van der Waals surface area contributed by atoms with Crippen LogP contribution in [0.2, 0.25) is 0 Å². The van der Waals surface area contributed by atoms with Crippen molar-refractivity contribution in [3.8, 4) is 0 Å². The van der Waals surface area contributed by atoms with Crippen molar-refractivity contribution >= 4 is 5.69 Å². The Balaban J connectivity index is 1.86. The van der Waals surface area contributed by atoms with E-state index in [1.54, 1.807) is 0 Å². The molecule has 0 N–H and O–H groups in total. The molecule has 0 aromatic carbocycles. The average molecular weight is 204 g/mol. The topological polar surface area (TPSA) is 25.4 Å². The Kier molecular flexibility index (Phi) is 2.13. The Hall–Kier alpha value is -1.09. The molecule has 2 fully saturated rings. The van der Waals surface area contributed by atoms with E-state index in [-0.39, 0.29) is 0 Å². The van der Waals surface area contributed by atoms with Crippen molar-refractivity contribution in [1.82, 2.24) is 4.98 Å². The van der Waals surface area contributed by atoms with Gasteiger partial charge in [0.05, 0.1) is 24.1 Å². The highest BCUT2D eigenvalue weighted by Gasteiger charge is 2.34. The first kappa shape index (κ1) is 9.16. The first-order chi connectivity index (χ1) is 7.33. The molecule has 3 rings (SSSR count). The zero-order valence-electron chi connectivity index (χ0n) is 9.02. The van der Waals surface area contributed by atoms with E-state index in [0.717, 1.165) is 13.1 Å². The van der Waals surface area contributed by atoms with Crippen LogP contribution < -0.4 is 4.90 Å².